The van der Waals surface area contributed by atoms with Crippen molar-refractivity contribution in [2.75, 3.05) is 32.7 Å². The van der Waals surface area contributed by atoms with Crippen LogP contribution in [0.4, 0.5) is 0 Å². The summed E-state index contributed by atoms with van der Waals surface area (Å²) in [6, 6.07) is 18.1. The van der Waals surface area contributed by atoms with Crippen LogP contribution in [0.25, 0.3) is 33.1 Å². The molecule has 7 heteroatoms. The average Bonchev–Trinajstić information content (AvgIpc) is 3.21. The Morgan fingerprint density at radius 3 is 2.48 bits per heavy atom. The van der Waals surface area contributed by atoms with Gasteiger partial charge in [0.1, 0.15) is 0 Å². The highest BCUT2D eigenvalue weighted by molar-refractivity contribution is 5.89. The Labute approximate surface area is 179 Å². The smallest absolute Gasteiger partial charge is 0.257 e. The van der Waals surface area contributed by atoms with E-state index in [1.807, 2.05) is 41.3 Å². The number of piperazine rings is 1. The Hall–Kier alpha value is -3.42. The third kappa shape index (κ3) is 3.85. The molecule has 0 bridgehead atoms. The van der Waals surface area contributed by atoms with Gasteiger partial charge in [-0.3, -0.25) is 14.5 Å². The third-order valence-electron chi connectivity index (χ3n) is 6.03. The molecule has 3 heterocycles. The van der Waals surface area contributed by atoms with Crippen LogP contribution in [-0.4, -0.2) is 58.4 Å². The molecule has 2 aromatic carbocycles. The molecule has 1 saturated heterocycles. The first-order valence-corrected chi connectivity index (χ1v) is 10.5. The fraction of sp³-hybridized carbons (Fsp3) is 0.250. The summed E-state index contributed by atoms with van der Waals surface area (Å²) >= 11 is 0. The van der Waals surface area contributed by atoms with Gasteiger partial charge in [0.25, 0.3) is 5.56 Å². The number of nitrogens with one attached hydrogen (secondary N) is 2. The molecule has 0 radical (unpaired) electrons. The summed E-state index contributed by atoms with van der Waals surface area (Å²) in [5, 5.41) is 2.08. The van der Waals surface area contributed by atoms with Crippen LogP contribution in [0.3, 0.4) is 0 Å². The number of rotatable bonds is 4. The number of aromatic amines is 2. The largest absolute Gasteiger partial charge is 0.354 e. The van der Waals surface area contributed by atoms with Crippen LogP contribution in [0.15, 0.2) is 59.4 Å². The van der Waals surface area contributed by atoms with Crippen LogP contribution in [0.1, 0.15) is 5.56 Å². The molecule has 0 unspecified atom stereocenters. The molecule has 1 aliphatic rings. The topological polar surface area (TPSA) is 98.2 Å². The zero-order valence-corrected chi connectivity index (χ0v) is 17.2. The Kier molecular flexibility index (Phi) is 5.05. The summed E-state index contributed by atoms with van der Waals surface area (Å²) in [6.45, 7) is 4.03. The molecule has 5 rings (SSSR count). The third-order valence-corrected chi connectivity index (χ3v) is 6.03. The quantitative estimate of drug-likeness (QED) is 0.476. The number of nitrogens with two attached hydrogens (primary N) is 1. The summed E-state index contributed by atoms with van der Waals surface area (Å²) in [5.74, 6) is 0.0181. The highest BCUT2D eigenvalue weighted by Gasteiger charge is 2.20. The van der Waals surface area contributed by atoms with Crippen molar-refractivity contribution in [3.05, 3.63) is 70.5 Å². The summed E-state index contributed by atoms with van der Waals surface area (Å²) in [7, 11) is 0. The first-order valence-electron chi connectivity index (χ1n) is 10.5. The number of nitrogens with zero attached hydrogens (tertiary/aromatic N) is 2. The van der Waals surface area contributed by atoms with E-state index < -0.39 is 0 Å². The van der Waals surface area contributed by atoms with E-state index in [-0.39, 0.29) is 18.0 Å². The van der Waals surface area contributed by atoms with Crippen LogP contribution in [0.2, 0.25) is 0 Å². The van der Waals surface area contributed by atoms with Crippen molar-refractivity contribution in [1.82, 2.24) is 19.8 Å². The van der Waals surface area contributed by atoms with E-state index in [4.69, 9.17) is 5.73 Å². The number of carbonyl (C=O) groups is 1. The zero-order valence-electron chi connectivity index (χ0n) is 17.2. The van der Waals surface area contributed by atoms with Crippen molar-refractivity contribution in [3.63, 3.8) is 0 Å². The molecule has 31 heavy (non-hydrogen) atoms. The van der Waals surface area contributed by atoms with Gasteiger partial charge in [-0.1, -0.05) is 24.3 Å². The SMILES string of the molecule is NCC(=O)N1CCN(Cc2ccc3[nH]c(-c4cc5ccccc5[nH]c4=O)cc3c2)CC1. The van der Waals surface area contributed by atoms with Crippen molar-refractivity contribution < 1.29 is 4.79 Å². The standard InChI is InChI=1S/C24H25N5O2/c25-14-23(30)29-9-7-28(8-10-29)15-16-5-6-21-18(11-16)13-22(26-21)19-12-17-3-1-2-4-20(17)27-24(19)31/h1-6,11-13,26H,7-10,14-15,25H2,(H,27,31). The number of pyridine rings is 1. The number of aromatic nitrogens is 2. The lowest BCUT2D eigenvalue weighted by Crippen LogP contribution is -2.49. The lowest BCUT2D eigenvalue weighted by Gasteiger charge is -2.34. The maximum atomic E-state index is 12.6. The Morgan fingerprint density at radius 2 is 1.68 bits per heavy atom. The normalized spacial score (nSPS) is 15.1. The number of para-hydroxylation sites is 1. The molecule has 0 spiro atoms. The van der Waals surface area contributed by atoms with Gasteiger partial charge >= 0.3 is 0 Å². The molecule has 1 aliphatic heterocycles. The van der Waals surface area contributed by atoms with E-state index in [0.717, 1.165) is 60.2 Å². The molecule has 0 aliphatic carbocycles. The lowest BCUT2D eigenvalue weighted by molar-refractivity contribution is -0.131. The van der Waals surface area contributed by atoms with Gasteiger partial charge in [-0.2, -0.15) is 0 Å². The van der Waals surface area contributed by atoms with Crippen LogP contribution in [-0.2, 0) is 11.3 Å². The van der Waals surface area contributed by atoms with Crippen LogP contribution >= 0.6 is 0 Å². The van der Waals surface area contributed by atoms with Gasteiger partial charge < -0.3 is 20.6 Å². The van der Waals surface area contributed by atoms with Gasteiger partial charge in [0.15, 0.2) is 0 Å². The van der Waals surface area contributed by atoms with Crippen LogP contribution in [0, 0.1) is 0 Å². The first-order chi connectivity index (χ1) is 15.1. The van der Waals surface area contributed by atoms with Crippen molar-refractivity contribution in [2.45, 2.75) is 6.54 Å². The Balaban J connectivity index is 1.37. The summed E-state index contributed by atoms with van der Waals surface area (Å²) in [5.41, 5.74) is 9.87. The minimum absolute atomic E-state index is 0.0181. The molecular weight excluding hydrogens is 390 g/mol. The van der Waals surface area contributed by atoms with Gasteiger partial charge in [0.2, 0.25) is 5.91 Å². The van der Waals surface area contributed by atoms with Crippen molar-refractivity contribution in [2.24, 2.45) is 5.73 Å². The minimum atomic E-state index is -0.102. The number of H-pyrrole nitrogens is 2. The van der Waals surface area contributed by atoms with Crippen molar-refractivity contribution in [3.8, 4) is 11.3 Å². The molecule has 158 valence electrons. The van der Waals surface area contributed by atoms with Gasteiger partial charge in [0.05, 0.1) is 17.8 Å². The molecule has 4 aromatic rings. The second-order valence-corrected chi connectivity index (χ2v) is 8.07. The van der Waals surface area contributed by atoms with Crippen LogP contribution in [0.5, 0.6) is 0 Å². The number of benzene rings is 2. The van der Waals surface area contributed by atoms with E-state index in [2.05, 4.69) is 33.1 Å². The van der Waals surface area contributed by atoms with Crippen molar-refractivity contribution >= 4 is 27.7 Å². The Morgan fingerprint density at radius 1 is 0.903 bits per heavy atom. The summed E-state index contributed by atoms with van der Waals surface area (Å²) in [4.78, 5) is 34.9. The second kappa shape index (κ2) is 8.02. The second-order valence-electron chi connectivity index (χ2n) is 8.07. The maximum absolute atomic E-state index is 12.6. The molecule has 0 saturated carbocycles. The highest BCUT2D eigenvalue weighted by atomic mass is 16.2. The predicted octanol–water partition coefficient (Wildman–Crippen LogP) is 2.28. The Bertz CT molecular complexity index is 1310. The van der Waals surface area contributed by atoms with E-state index in [1.54, 1.807) is 0 Å². The number of carbonyl (C=O) groups excluding carboxylic acids is 1. The summed E-state index contributed by atoms with van der Waals surface area (Å²) < 4.78 is 0. The number of amides is 1. The van der Waals surface area contributed by atoms with Crippen molar-refractivity contribution in [1.29, 1.82) is 0 Å². The number of hydrogen-bond acceptors (Lipinski definition) is 4. The van der Waals surface area contributed by atoms with E-state index in [9.17, 15) is 9.59 Å². The molecule has 1 fully saturated rings. The molecule has 0 atom stereocenters. The van der Waals surface area contributed by atoms with Crippen LogP contribution < -0.4 is 11.3 Å². The van der Waals surface area contributed by atoms with Gasteiger partial charge in [-0.15, -0.1) is 0 Å². The molecule has 7 nitrogen and oxygen atoms in total. The average molecular weight is 415 g/mol. The highest BCUT2D eigenvalue weighted by Crippen LogP contribution is 2.25. The predicted molar refractivity (Wildman–Crippen MR) is 123 cm³/mol. The lowest BCUT2D eigenvalue weighted by atomic mass is 10.1. The van der Waals surface area contributed by atoms with E-state index >= 15 is 0 Å². The van der Waals surface area contributed by atoms with Gasteiger partial charge in [-0.05, 0) is 41.3 Å². The molecule has 4 N–H and O–H groups in total. The number of fused-ring (bicyclic) bond motifs is 2. The monoisotopic (exact) mass is 415 g/mol. The minimum Gasteiger partial charge on any atom is -0.354 e. The van der Waals surface area contributed by atoms with Gasteiger partial charge in [-0.25, -0.2) is 0 Å². The van der Waals surface area contributed by atoms with E-state index in [1.165, 1.54) is 5.56 Å². The number of hydrogen-bond donors (Lipinski definition) is 3. The maximum Gasteiger partial charge on any atom is 0.257 e. The molecule has 2 aromatic heterocycles. The first kappa shape index (κ1) is 19.5. The van der Waals surface area contributed by atoms with Gasteiger partial charge in [0, 0.05) is 49.1 Å². The summed E-state index contributed by atoms with van der Waals surface area (Å²) in [6.07, 6.45) is 0. The van der Waals surface area contributed by atoms with E-state index in [0.29, 0.717) is 5.56 Å². The zero-order chi connectivity index (χ0) is 21.4. The fourth-order valence-corrected chi connectivity index (χ4v) is 4.32. The fourth-order valence-electron chi connectivity index (χ4n) is 4.32. The molecule has 1 amide bonds. The molecular formula is C24H25N5O2.